The Morgan fingerprint density at radius 1 is 1.07 bits per heavy atom. The Morgan fingerprint density at radius 2 is 1.71 bits per heavy atom. The fraction of sp³-hybridized carbons (Fsp3) is 0.368. The summed E-state index contributed by atoms with van der Waals surface area (Å²) in [6.07, 6.45) is 0. The van der Waals surface area contributed by atoms with Crippen molar-refractivity contribution in [2.24, 2.45) is 0 Å². The van der Waals surface area contributed by atoms with E-state index in [0.29, 0.717) is 44.1 Å². The Kier molecular flexibility index (Phi) is 5.85. The van der Waals surface area contributed by atoms with Crippen molar-refractivity contribution in [3.8, 4) is 5.75 Å². The van der Waals surface area contributed by atoms with E-state index in [1.54, 1.807) is 43.3 Å². The number of aryl methyl sites for hydroxylation is 1. The summed E-state index contributed by atoms with van der Waals surface area (Å²) in [7, 11) is -3.56. The van der Waals surface area contributed by atoms with Gasteiger partial charge in [0.05, 0.1) is 16.4 Å². The van der Waals surface area contributed by atoms with Crippen LogP contribution in [0.2, 0.25) is 0 Å². The predicted molar refractivity (Wildman–Crippen MR) is 106 cm³/mol. The predicted octanol–water partition coefficient (Wildman–Crippen LogP) is 2.81. The molecule has 1 fully saturated rings. The monoisotopic (exact) mass is 405 g/mol. The van der Waals surface area contributed by atoms with Crippen LogP contribution in [0.25, 0.3) is 0 Å². The van der Waals surface area contributed by atoms with Gasteiger partial charge in [-0.1, -0.05) is 0 Å². The van der Waals surface area contributed by atoms with E-state index < -0.39 is 14.9 Å². The van der Waals surface area contributed by atoms with E-state index >= 15 is 0 Å². The zero-order valence-electron chi connectivity index (χ0n) is 15.9. The third kappa shape index (κ3) is 4.10. The van der Waals surface area contributed by atoms with E-state index in [2.05, 4.69) is 0 Å². The molecule has 1 aliphatic rings. The molecule has 28 heavy (non-hydrogen) atoms. The maximum Gasteiger partial charge on any atom is 0.272 e. The molecular weight excluding hydrogens is 382 g/mol. The molecule has 0 aliphatic carbocycles. The lowest BCUT2D eigenvalue weighted by Crippen LogP contribution is -2.48. The van der Waals surface area contributed by atoms with Crippen molar-refractivity contribution in [1.82, 2.24) is 4.31 Å². The van der Waals surface area contributed by atoms with Gasteiger partial charge >= 0.3 is 0 Å². The minimum absolute atomic E-state index is 0.0838. The maximum absolute atomic E-state index is 12.9. The van der Waals surface area contributed by atoms with Crippen LogP contribution < -0.4 is 9.64 Å². The van der Waals surface area contributed by atoms with Crippen LogP contribution in [0.5, 0.6) is 5.75 Å². The summed E-state index contributed by atoms with van der Waals surface area (Å²) in [5.41, 5.74) is 1.54. The van der Waals surface area contributed by atoms with Gasteiger partial charge in [-0.2, -0.15) is 4.31 Å². The van der Waals surface area contributed by atoms with Crippen molar-refractivity contribution in [3.63, 3.8) is 0 Å². The van der Waals surface area contributed by atoms with Gasteiger partial charge in [-0.3, -0.25) is 10.1 Å². The number of ether oxygens (including phenoxy) is 1. The first-order valence-electron chi connectivity index (χ1n) is 9.06. The highest BCUT2D eigenvalue weighted by molar-refractivity contribution is 7.89. The number of piperazine rings is 1. The lowest BCUT2D eigenvalue weighted by Gasteiger charge is -2.35. The van der Waals surface area contributed by atoms with Gasteiger partial charge in [0, 0.05) is 43.5 Å². The number of hydrogen-bond acceptors (Lipinski definition) is 6. The summed E-state index contributed by atoms with van der Waals surface area (Å²) in [5.74, 6) is 0.639. The average Bonchev–Trinajstić information content (AvgIpc) is 2.68. The van der Waals surface area contributed by atoms with Gasteiger partial charge < -0.3 is 9.64 Å². The summed E-state index contributed by atoms with van der Waals surface area (Å²) in [4.78, 5) is 12.9. The molecule has 3 rings (SSSR count). The Labute approximate surface area is 164 Å². The van der Waals surface area contributed by atoms with Gasteiger partial charge in [0.2, 0.25) is 10.0 Å². The zero-order chi connectivity index (χ0) is 20.3. The lowest BCUT2D eigenvalue weighted by molar-refractivity contribution is -0.385. The average molecular weight is 405 g/mol. The molecule has 9 heteroatoms. The molecule has 0 N–H and O–H groups in total. The quantitative estimate of drug-likeness (QED) is 0.542. The fourth-order valence-corrected chi connectivity index (χ4v) is 4.67. The Bertz CT molecular complexity index is 952. The Morgan fingerprint density at radius 3 is 2.25 bits per heavy atom. The van der Waals surface area contributed by atoms with Crippen LogP contribution in [0.1, 0.15) is 12.5 Å². The third-order valence-corrected chi connectivity index (χ3v) is 6.67. The van der Waals surface area contributed by atoms with Crippen molar-refractivity contribution in [2.45, 2.75) is 18.7 Å². The van der Waals surface area contributed by atoms with Crippen LogP contribution in [0.3, 0.4) is 0 Å². The van der Waals surface area contributed by atoms with E-state index in [9.17, 15) is 18.5 Å². The van der Waals surface area contributed by atoms with Crippen LogP contribution in [0.15, 0.2) is 47.4 Å². The molecule has 0 bridgehead atoms. The van der Waals surface area contributed by atoms with E-state index in [0.717, 1.165) is 5.69 Å². The van der Waals surface area contributed by atoms with Crippen LogP contribution in [-0.4, -0.2) is 50.4 Å². The molecule has 0 atom stereocenters. The van der Waals surface area contributed by atoms with Crippen molar-refractivity contribution in [2.75, 3.05) is 37.7 Å². The second kappa shape index (κ2) is 8.15. The number of benzene rings is 2. The maximum atomic E-state index is 12.9. The molecule has 0 unspecified atom stereocenters. The van der Waals surface area contributed by atoms with Gasteiger partial charge in [-0.25, -0.2) is 8.42 Å². The summed E-state index contributed by atoms with van der Waals surface area (Å²) < 4.78 is 32.6. The smallest absolute Gasteiger partial charge is 0.272 e. The molecule has 0 spiro atoms. The highest BCUT2D eigenvalue weighted by Gasteiger charge is 2.29. The number of rotatable bonds is 6. The number of nitro groups is 1. The van der Waals surface area contributed by atoms with Gasteiger partial charge in [0.25, 0.3) is 5.69 Å². The van der Waals surface area contributed by atoms with Crippen LogP contribution in [-0.2, 0) is 10.0 Å². The van der Waals surface area contributed by atoms with E-state index in [1.807, 2.05) is 11.8 Å². The normalized spacial score (nSPS) is 15.4. The number of nitro benzene ring substituents is 1. The molecule has 150 valence electrons. The van der Waals surface area contributed by atoms with E-state index in [1.165, 1.54) is 10.4 Å². The minimum atomic E-state index is -3.56. The molecule has 1 heterocycles. The van der Waals surface area contributed by atoms with Crippen LogP contribution in [0, 0.1) is 17.0 Å². The van der Waals surface area contributed by atoms with Crippen molar-refractivity contribution < 1.29 is 18.1 Å². The molecule has 8 nitrogen and oxygen atoms in total. The van der Waals surface area contributed by atoms with Crippen molar-refractivity contribution in [1.29, 1.82) is 0 Å². The molecule has 0 aromatic heterocycles. The first-order chi connectivity index (χ1) is 13.3. The standard InChI is InChI=1S/C19H23N3O5S/c1-3-27-17-5-7-18(8-6-17)28(25,26)21-12-10-20(11-13-21)16-4-9-19(22(23)24)15(2)14-16/h4-9,14H,3,10-13H2,1-2H3. The fourth-order valence-electron chi connectivity index (χ4n) is 3.25. The largest absolute Gasteiger partial charge is 0.494 e. The number of anilines is 1. The second-order valence-corrected chi connectivity index (χ2v) is 8.46. The SMILES string of the molecule is CCOc1ccc(S(=O)(=O)N2CCN(c3ccc([N+](=O)[O-])c(C)c3)CC2)cc1. The van der Waals surface area contributed by atoms with Crippen molar-refractivity contribution in [3.05, 3.63) is 58.1 Å². The summed E-state index contributed by atoms with van der Waals surface area (Å²) >= 11 is 0. The molecule has 2 aromatic rings. The first-order valence-corrected chi connectivity index (χ1v) is 10.5. The highest BCUT2D eigenvalue weighted by Crippen LogP contribution is 2.26. The van der Waals surface area contributed by atoms with Crippen molar-refractivity contribution >= 4 is 21.4 Å². The number of hydrogen-bond donors (Lipinski definition) is 0. The van der Waals surface area contributed by atoms with Crippen LogP contribution >= 0.6 is 0 Å². The molecular formula is C19H23N3O5S. The van der Waals surface area contributed by atoms with Gasteiger partial charge in [-0.05, 0) is 50.2 Å². The number of nitrogens with zero attached hydrogens (tertiary/aromatic N) is 3. The van der Waals surface area contributed by atoms with E-state index in [4.69, 9.17) is 4.74 Å². The zero-order valence-corrected chi connectivity index (χ0v) is 16.7. The lowest BCUT2D eigenvalue weighted by atomic mass is 10.1. The third-order valence-electron chi connectivity index (χ3n) is 4.75. The van der Waals surface area contributed by atoms with Crippen LogP contribution in [0.4, 0.5) is 11.4 Å². The Hall–Kier alpha value is -2.65. The summed E-state index contributed by atoms with van der Waals surface area (Å²) in [6.45, 7) is 5.85. The minimum Gasteiger partial charge on any atom is -0.494 e. The van der Waals surface area contributed by atoms with E-state index in [-0.39, 0.29) is 10.6 Å². The first kappa shape index (κ1) is 20.1. The topological polar surface area (TPSA) is 93.0 Å². The number of sulfonamides is 1. The summed E-state index contributed by atoms with van der Waals surface area (Å²) in [5, 5.41) is 11.0. The molecule has 0 saturated carbocycles. The Balaban J connectivity index is 1.69. The second-order valence-electron chi connectivity index (χ2n) is 6.52. The molecule has 2 aromatic carbocycles. The highest BCUT2D eigenvalue weighted by atomic mass is 32.2. The van der Waals surface area contributed by atoms with Gasteiger partial charge in [0.15, 0.2) is 0 Å². The molecule has 0 amide bonds. The molecule has 0 radical (unpaired) electrons. The van der Waals surface area contributed by atoms with Gasteiger partial charge in [-0.15, -0.1) is 0 Å². The molecule has 1 saturated heterocycles. The molecule has 1 aliphatic heterocycles. The summed E-state index contributed by atoms with van der Waals surface area (Å²) in [6, 6.07) is 11.4. The van der Waals surface area contributed by atoms with Gasteiger partial charge in [0.1, 0.15) is 5.75 Å².